The Morgan fingerprint density at radius 1 is 1.65 bits per heavy atom. The fraction of sp³-hybridized carbons (Fsp3) is 0.333. The zero-order chi connectivity index (χ0) is 12.1. The van der Waals surface area contributed by atoms with Crippen molar-refractivity contribution in [3.8, 4) is 0 Å². The van der Waals surface area contributed by atoms with E-state index in [-0.39, 0.29) is 11.9 Å². The van der Waals surface area contributed by atoms with E-state index in [0.717, 1.165) is 11.4 Å². The monoisotopic (exact) mass is 249 g/mol. The summed E-state index contributed by atoms with van der Waals surface area (Å²) in [5.74, 6) is 0.0695. The topological polar surface area (TPSA) is 46.9 Å². The largest absolute Gasteiger partial charge is 0.352 e. The average Bonchev–Trinajstić information content (AvgIpc) is 2.90. The number of carbonyl (C=O) groups excluding carboxylic acids is 1. The van der Waals surface area contributed by atoms with Crippen LogP contribution >= 0.6 is 11.3 Å². The average molecular weight is 249 g/mol. The second kappa shape index (κ2) is 5.63. The third-order valence-electron chi connectivity index (χ3n) is 2.37. The second-order valence-electron chi connectivity index (χ2n) is 3.98. The summed E-state index contributed by atoms with van der Waals surface area (Å²) in [4.78, 5) is 16.8. The second-order valence-corrected chi connectivity index (χ2v) is 5.02. The van der Waals surface area contributed by atoms with Crippen molar-refractivity contribution < 1.29 is 4.79 Å². The van der Waals surface area contributed by atoms with Crippen LogP contribution in [0.4, 0.5) is 0 Å². The lowest BCUT2D eigenvalue weighted by Crippen LogP contribution is -2.36. The van der Waals surface area contributed by atoms with Crippen LogP contribution in [0, 0.1) is 0 Å². The van der Waals surface area contributed by atoms with Gasteiger partial charge in [0.15, 0.2) is 0 Å². The molecule has 17 heavy (non-hydrogen) atoms. The molecule has 1 N–H and O–H groups in total. The highest BCUT2D eigenvalue weighted by atomic mass is 32.1. The molecule has 0 aromatic carbocycles. The maximum absolute atomic E-state index is 11.7. The maximum atomic E-state index is 11.7. The van der Waals surface area contributed by atoms with E-state index in [2.05, 4.69) is 10.3 Å². The Labute approximate surface area is 104 Å². The first kappa shape index (κ1) is 11.9. The molecular formula is C12H15N3OS. The van der Waals surface area contributed by atoms with Crippen LogP contribution < -0.4 is 5.32 Å². The molecule has 1 unspecified atom stereocenters. The van der Waals surface area contributed by atoms with E-state index in [1.54, 1.807) is 23.9 Å². The van der Waals surface area contributed by atoms with Crippen LogP contribution in [0.1, 0.15) is 11.8 Å². The molecule has 0 radical (unpaired) electrons. The van der Waals surface area contributed by atoms with Gasteiger partial charge >= 0.3 is 0 Å². The third kappa shape index (κ3) is 3.71. The SMILES string of the molecule is CC(Cn1ccnc1)NC(=O)Cc1cccs1. The fourth-order valence-electron chi connectivity index (χ4n) is 1.65. The Bertz CT molecular complexity index is 450. The standard InChI is InChI=1S/C12H15N3OS/c1-10(8-15-5-4-13-9-15)14-12(16)7-11-3-2-6-17-11/h2-6,9-10H,7-8H2,1H3,(H,14,16). The summed E-state index contributed by atoms with van der Waals surface area (Å²) < 4.78 is 1.95. The van der Waals surface area contributed by atoms with Crippen LogP contribution in [-0.4, -0.2) is 21.5 Å². The molecule has 0 bridgehead atoms. The van der Waals surface area contributed by atoms with Gasteiger partial charge in [0, 0.05) is 29.9 Å². The molecule has 0 aliphatic carbocycles. The number of hydrogen-bond acceptors (Lipinski definition) is 3. The van der Waals surface area contributed by atoms with Crippen molar-refractivity contribution >= 4 is 17.2 Å². The predicted molar refractivity (Wildman–Crippen MR) is 67.9 cm³/mol. The molecule has 0 saturated heterocycles. The molecule has 0 aliphatic rings. The molecule has 5 heteroatoms. The minimum absolute atomic E-state index is 0.0695. The molecule has 2 aromatic rings. The van der Waals surface area contributed by atoms with Gasteiger partial charge in [-0.2, -0.15) is 0 Å². The van der Waals surface area contributed by atoms with Gasteiger partial charge in [0.05, 0.1) is 12.7 Å². The van der Waals surface area contributed by atoms with Gasteiger partial charge < -0.3 is 9.88 Å². The molecule has 2 rings (SSSR count). The van der Waals surface area contributed by atoms with Crippen LogP contribution in [0.5, 0.6) is 0 Å². The molecule has 1 atom stereocenters. The van der Waals surface area contributed by atoms with Gasteiger partial charge in [0.25, 0.3) is 0 Å². The van der Waals surface area contributed by atoms with Crippen LogP contribution in [0.15, 0.2) is 36.2 Å². The molecule has 0 aliphatic heterocycles. The molecule has 90 valence electrons. The summed E-state index contributed by atoms with van der Waals surface area (Å²) in [6.07, 6.45) is 5.84. The summed E-state index contributed by atoms with van der Waals surface area (Å²) in [6.45, 7) is 2.74. The molecule has 0 spiro atoms. The molecule has 2 heterocycles. The van der Waals surface area contributed by atoms with Gasteiger partial charge in [-0.1, -0.05) is 6.07 Å². The quantitative estimate of drug-likeness (QED) is 0.876. The first-order valence-corrected chi connectivity index (χ1v) is 6.39. The summed E-state index contributed by atoms with van der Waals surface area (Å²) in [7, 11) is 0. The highest BCUT2D eigenvalue weighted by molar-refractivity contribution is 7.10. The lowest BCUT2D eigenvalue weighted by atomic mass is 10.3. The van der Waals surface area contributed by atoms with E-state index in [0.29, 0.717) is 6.42 Å². The predicted octanol–water partition coefficient (Wildman–Crippen LogP) is 1.69. The fourth-order valence-corrected chi connectivity index (χ4v) is 2.36. The zero-order valence-corrected chi connectivity index (χ0v) is 10.5. The van der Waals surface area contributed by atoms with Crippen LogP contribution in [-0.2, 0) is 17.8 Å². The molecule has 1 amide bonds. The van der Waals surface area contributed by atoms with E-state index in [1.165, 1.54) is 0 Å². The van der Waals surface area contributed by atoms with Crippen LogP contribution in [0.3, 0.4) is 0 Å². The maximum Gasteiger partial charge on any atom is 0.225 e. The van der Waals surface area contributed by atoms with E-state index in [9.17, 15) is 4.79 Å². The van der Waals surface area contributed by atoms with Gasteiger partial charge in [-0.05, 0) is 18.4 Å². The Morgan fingerprint density at radius 3 is 3.18 bits per heavy atom. The molecule has 2 aromatic heterocycles. The summed E-state index contributed by atoms with van der Waals surface area (Å²) >= 11 is 1.61. The number of thiophene rings is 1. The normalized spacial score (nSPS) is 12.3. The van der Waals surface area contributed by atoms with Gasteiger partial charge in [0.2, 0.25) is 5.91 Å². The number of hydrogen-bond donors (Lipinski definition) is 1. The minimum Gasteiger partial charge on any atom is -0.352 e. The lowest BCUT2D eigenvalue weighted by Gasteiger charge is -2.13. The van der Waals surface area contributed by atoms with Crippen LogP contribution in [0.2, 0.25) is 0 Å². The van der Waals surface area contributed by atoms with Crippen molar-refractivity contribution in [3.63, 3.8) is 0 Å². The molecule has 0 fully saturated rings. The van der Waals surface area contributed by atoms with Crippen LogP contribution in [0.25, 0.3) is 0 Å². The summed E-state index contributed by atoms with van der Waals surface area (Å²) in [5, 5.41) is 4.96. The van der Waals surface area contributed by atoms with Gasteiger partial charge in [-0.25, -0.2) is 4.98 Å². The van der Waals surface area contributed by atoms with Gasteiger partial charge in [-0.15, -0.1) is 11.3 Å². The van der Waals surface area contributed by atoms with Crippen molar-refractivity contribution in [3.05, 3.63) is 41.1 Å². The highest BCUT2D eigenvalue weighted by Crippen LogP contribution is 2.08. The number of rotatable bonds is 5. The number of nitrogens with one attached hydrogen (secondary N) is 1. The van der Waals surface area contributed by atoms with Crippen molar-refractivity contribution in [2.45, 2.75) is 25.9 Å². The summed E-state index contributed by atoms with van der Waals surface area (Å²) in [5.41, 5.74) is 0. The van der Waals surface area contributed by atoms with E-state index >= 15 is 0 Å². The first-order chi connectivity index (χ1) is 8.24. The number of carbonyl (C=O) groups is 1. The molecule has 4 nitrogen and oxygen atoms in total. The van der Waals surface area contributed by atoms with E-state index in [4.69, 9.17) is 0 Å². The minimum atomic E-state index is 0.0695. The number of nitrogens with zero attached hydrogens (tertiary/aromatic N) is 2. The Morgan fingerprint density at radius 2 is 2.53 bits per heavy atom. The Balaban J connectivity index is 1.78. The summed E-state index contributed by atoms with van der Waals surface area (Å²) in [6, 6.07) is 4.05. The van der Waals surface area contributed by atoms with Gasteiger partial charge in [-0.3, -0.25) is 4.79 Å². The zero-order valence-electron chi connectivity index (χ0n) is 9.67. The van der Waals surface area contributed by atoms with E-state index < -0.39 is 0 Å². The number of imidazole rings is 1. The Hall–Kier alpha value is -1.62. The number of amides is 1. The van der Waals surface area contributed by atoms with Crippen molar-refractivity contribution in [2.75, 3.05) is 0 Å². The third-order valence-corrected chi connectivity index (χ3v) is 3.24. The van der Waals surface area contributed by atoms with E-state index in [1.807, 2.05) is 35.2 Å². The highest BCUT2D eigenvalue weighted by Gasteiger charge is 2.08. The van der Waals surface area contributed by atoms with Crippen molar-refractivity contribution in [1.82, 2.24) is 14.9 Å². The smallest absolute Gasteiger partial charge is 0.225 e. The lowest BCUT2D eigenvalue weighted by molar-refractivity contribution is -0.121. The van der Waals surface area contributed by atoms with Crippen molar-refractivity contribution in [2.24, 2.45) is 0 Å². The Kier molecular flexibility index (Phi) is 3.93. The first-order valence-electron chi connectivity index (χ1n) is 5.51. The van der Waals surface area contributed by atoms with Crippen molar-refractivity contribution in [1.29, 1.82) is 0 Å². The molecule has 0 saturated carbocycles. The van der Waals surface area contributed by atoms with Gasteiger partial charge in [0.1, 0.15) is 0 Å². The molecular weight excluding hydrogens is 234 g/mol. The number of aromatic nitrogens is 2.